The molecule has 11 heteroatoms. The fourth-order valence-corrected chi connectivity index (χ4v) is 5.45. The number of furan rings is 1. The van der Waals surface area contributed by atoms with E-state index < -0.39 is 0 Å². The number of fused-ring (bicyclic) bond motifs is 2. The second-order valence-electron chi connectivity index (χ2n) is 9.18. The van der Waals surface area contributed by atoms with Crippen molar-refractivity contribution in [2.24, 2.45) is 5.10 Å². The number of aromatic nitrogens is 2. The molecule has 0 N–H and O–H groups in total. The number of ether oxygens (including phenoxy) is 2. The lowest BCUT2D eigenvalue weighted by Crippen LogP contribution is -2.20. The molecular weight excluding hydrogens is 665 g/mol. The number of nitrogens with zero attached hydrogens (tertiary/aromatic N) is 3. The Kier molecular flexibility index (Phi) is 7.96. The lowest BCUT2D eigenvalue weighted by atomic mass is 10.2. The van der Waals surface area contributed by atoms with Crippen LogP contribution in [0.2, 0.25) is 15.1 Å². The predicted octanol–water partition coefficient (Wildman–Crippen LogP) is 9.00. The zero-order valence-electron chi connectivity index (χ0n) is 21.8. The monoisotopic (exact) mass is 681 g/mol. The van der Waals surface area contributed by atoms with Crippen LogP contribution in [-0.4, -0.2) is 23.0 Å². The third-order valence-corrected chi connectivity index (χ3v) is 7.96. The molecule has 210 valence electrons. The Labute approximate surface area is 263 Å². The molecular formula is C31H19BrCl3N3O4. The number of rotatable bonds is 7. The van der Waals surface area contributed by atoms with E-state index in [1.54, 1.807) is 73.8 Å². The quantitative estimate of drug-likeness (QED) is 0.157. The highest BCUT2D eigenvalue weighted by atomic mass is 79.9. The van der Waals surface area contributed by atoms with E-state index >= 15 is 0 Å². The van der Waals surface area contributed by atoms with E-state index in [9.17, 15) is 4.79 Å². The molecule has 0 saturated heterocycles. The minimum atomic E-state index is -0.349. The summed E-state index contributed by atoms with van der Waals surface area (Å²) < 4.78 is 19.5. The maximum absolute atomic E-state index is 13.6. The van der Waals surface area contributed by atoms with Gasteiger partial charge in [0.25, 0.3) is 5.56 Å². The third-order valence-electron chi connectivity index (χ3n) is 6.39. The summed E-state index contributed by atoms with van der Waals surface area (Å²) in [4.78, 5) is 18.3. The Morgan fingerprint density at radius 1 is 1.00 bits per heavy atom. The number of halogens is 4. The molecule has 0 atom stereocenters. The summed E-state index contributed by atoms with van der Waals surface area (Å²) in [5.74, 6) is 1.57. The molecule has 42 heavy (non-hydrogen) atoms. The first-order valence-corrected chi connectivity index (χ1v) is 14.4. The third kappa shape index (κ3) is 5.63. The fourth-order valence-electron chi connectivity index (χ4n) is 4.38. The molecule has 4 aromatic carbocycles. The first-order chi connectivity index (χ1) is 20.3. The average molecular weight is 684 g/mol. The smallest absolute Gasteiger partial charge is 0.282 e. The van der Waals surface area contributed by atoms with E-state index in [0.717, 1.165) is 10.9 Å². The summed E-state index contributed by atoms with van der Waals surface area (Å²) in [6.07, 6.45) is 1.54. The number of methoxy groups -OCH3 is 1. The lowest BCUT2D eigenvalue weighted by Gasteiger charge is -2.14. The van der Waals surface area contributed by atoms with Gasteiger partial charge in [0.15, 0.2) is 17.3 Å². The Morgan fingerprint density at radius 2 is 1.83 bits per heavy atom. The highest BCUT2D eigenvalue weighted by Crippen LogP contribution is 2.37. The summed E-state index contributed by atoms with van der Waals surface area (Å²) in [6, 6.07) is 23.0. The van der Waals surface area contributed by atoms with Crippen molar-refractivity contribution in [1.29, 1.82) is 0 Å². The van der Waals surface area contributed by atoms with Crippen LogP contribution in [0.4, 0.5) is 0 Å². The molecule has 0 saturated carbocycles. The first-order valence-electron chi connectivity index (χ1n) is 12.5. The first kappa shape index (κ1) is 28.3. The van der Waals surface area contributed by atoms with Crippen molar-refractivity contribution in [3.05, 3.63) is 120 Å². The molecule has 6 aromatic rings. The van der Waals surface area contributed by atoms with Gasteiger partial charge < -0.3 is 13.9 Å². The van der Waals surface area contributed by atoms with E-state index in [-0.39, 0.29) is 18.0 Å². The summed E-state index contributed by atoms with van der Waals surface area (Å²) >= 11 is 21.9. The summed E-state index contributed by atoms with van der Waals surface area (Å²) in [5, 5.41) is 7.21. The zero-order chi connectivity index (χ0) is 29.4. The van der Waals surface area contributed by atoms with Crippen molar-refractivity contribution in [2.45, 2.75) is 6.61 Å². The Bertz CT molecular complexity index is 2070. The van der Waals surface area contributed by atoms with Crippen LogP contribution in [0.1, 0.15) is 11.1 Å². The molecule has 0 aliphatic carbocycles. The molecule has 0 radical (unpaired) electrons. The van der Waals surface area contributed by atoms with Crippen molar-refractivity contribution in [3.8, 4) is 23.1 Å². The highest BCUT2D eigenvalue weighted by molar-refractivity contribution is 9.10. The summed E-state index contributed by atoms with van der Waals surface area (Å²) in [5.41, 5.74) is 2.27. The molecule has 2 heterocycles. The predicted molar refractivity (Wildman–Crippen MR) is 171 cm³/mol. The number of hydrogen-bond donors (Lipinski definition) is 0. The second kappa shape index (κ2) is 11.8. The summed E-state index contributed by atoms with van der Waals surface area (Å²) in [7, 11) is 1.54. The molecule has 7 nitrogen and oxygen atoms in total. The Hall–Kier alpha value is -3.82. The fraction of sp³-hybridized carbons (Fsp3) is 0.0645. The molecule has 0 fully saturated rings. The van der Waals surface area contributed by atoms with Crippen LogP contribution in [-0.2, 0) is 6.61 Å². The van der Waals surface area contributed by atoms with Gasteiger partial charge in [-0.1, -0.05) is 53.0 Å². The largest absolute Gasteiger partial charge is 0.493 e. The van der Waals surface area contributed by atoms with Crippen molar-refractivity contribution in [2.75, 3.05) is 7.11 Å². The Balaban J connectivity index is 1.38. The van der Waals surface area contributed by atoms with Crippen LogP contribution in [0.3, 0.4) is 0 Å². The van der Waals surface area contributed by atoms with Gasteiger partial charge in [-0.15, -0.1) is 0 Å². The van der Waals surface area contributed by atoms with Gasteiger partial charge in [0, 0.05) is 10.4 Å². The van der Waals surface area contributed by atoms with Crippen LogP contribution >= 0.6 is 50.7 Å². The van der Waals surface area contributed by atoms with Crippen LogP contribution in [0.15, 0.2) is 97.6 Å². The van der Waals surface area contributed by atoms with E-state index in [1.165, 1.54) is 10.9 Å². The normalized spacial score (nSPS) is 11.5. The van der Waals surface area contributed by atoms with E-state index in [2.05, 4.69) is 21.0 Å². The molecule has 0 aliphatic heterocycles. The maximum atomic E-state index is 13.6. The van der Waals surface area contributed by atoms with Gasteiger partial charge in [-0.05, 0) is 87.7 Å². The average Bonchev–Trinajstić information content (AvgIpc) is 3.40. The highest BCUT2D eigenvalue weighted by Gasteiger charge is 2.17. The van der Waals surface area contributed by atoms with Crippen LogP contribution in [0.5, 0.6) is 11.5 Å². The minimum Gasteiger partial charge on any atom is -0.493 e. The standard InChI is InChI=1S/C31H19BrCl3N3O4/c1-40-27-12-18(10-22(32)29(27)41-16-17-6-8-23(34)24(35)11-17)15-36-38-30(37-25-5-3-2-4-21(25)31(38)39)28-14-19-13-20(33)7-9-26(19)42-28/h2-15H,16H2,1H3. The summed E-state index contributed by atoms with van der Waals surface area (Å²) in [6.45, 7) is 0.240. The van der Waals surface area contributed by atoms with Gasteiger partial charge in [-0.3, -0.25) is 4.79 Å². The van der Waals surface area contributed by atoms with Crippen molar-refractivity contribution in [3.63, 3.8) is 0 Å². The zero-order valence-corrected chi connectivity index (χ0v) is 25.6. The van der Waals surface area contributed by atoms with Gasteiger partial charge >= 0.3 is 0 Å². The van der Waals surface area contributed by atoms with Crippen LogP contribution in [0, 0.1) is 0 Å². The molecule has 6 rings (SSSR count). The second-order valence-corrected chi connectivity index (χ2v) is 11.3. The van der Waals surface area contributed by atoms with Crippen LogP contribution < -0.4 is 15.0 Å². The van der Waals surface area contributed by atoms with Crippen molar-refractivity contribution >= 4 is 78.8 Å². The lowest BCUT2D eigenvalue weighted by molar-refractivity contribution is 0.282. The Morgan fingerprint density at radius 3 is 2.64 bits per heavy atom. The van der Waals surface area contributed by atoms with E-state index in [1.807, 2.05) is 12.1 Å². The SMILES string of the molecule is COc1cc(C=Nn2c(-c3cc4cc(Cl)ccc4o3)nc3ccccc3c2=O)cc(Br)c1OCc1ccc(Cl)c(Cl)c1. The number of para-hydroxylation sites is 1. The van der Waals surface area contributed by atoms with Crippen LogP contribution in [0.25, 0.3) is 33.5 Å². The molecule has 0 bridgehead atoms. The number of hydrogen-bond acceptors (Lipinski definition) is 6. The molecule has 0 aliphatic rings. The molecule has 2 aromatic heterocycles. The van der Waals surface area contributed by atoms with Crippen molar-refractivity contribution < 1.29 is 13.9 Å². The minimum absolute atomic E-state index is 0.240. The van der Waals surface area contributed by atoms with Crippen molar-refractivity contribution in [1.82, 2.24) is 9.66 Å². The molecule has 0 spiro atoms. The van der Waals surface area contributed by atoms with Gasteiger partial charge in [0.05, 0.1) is 38.7 Å². The van der Waals surface area contributed by atoms with Gasteiger partial charge in [-0.2, -0.15) is 9.78 Å². The maximum Gasteiger partial charge on any atom is 0.282 e. The topological polar surface area (TPSA) is 78.9 Å². The number of benzene rings is 4. The molecule has 0 amide bonds. The van der Waals surface area contributed by atoms with E-state index in [0.29, 0.717) is 58.8 Å². The molecule has 0 unspecified atom stereocenters. The van der Waals surface area contributed by atoms with Gasteiger partial charge in [0.1, 0.15) is 12.2 Å². The van der Waals surface area contributed by atoms with E-state index in [4.69, 9.17) is 53.7 Å². The van der Waals surface area contributed by atoms with Gasteiger partial charge in [-0.25, -0.2) is 4.98 Å². The van der Waals surface area contributed by atoms with Gasteiger partial charge in [0.2, 0.25) is 5.82 Å².